The Kier molecular flexibility index (Phi) is 3.51. The first-order chi connectivity index (χ1) is 5.75. The lowest BCUT2D eigenvalue weighted by Crippen LogP contribution is -2.17. The quantitative estimate of drug-likeness (QED) is 0.589. The Balaban J connectivity index is 2.55. The second-order valence-electron chi connectivity index (χ2n) is 3.65. The lowest BCUT2D eigenvalue weighted by atomic mass is 9.84. The van der Waals surface area contributed by atoms with E-state index in [-0.39, 0.29) is 5.92 Å². The molecule has 0 spiro atoms. The van der Waals surface area contributed by atoms with Crippen LogP contribution < -0.4 is 0 Å². The van der Waals surface area contributed by atoms with E-state index in [0.717, 1.165) is 19.3 Å². The Morgan fingerprint density at radius 1 is 1.67 bits per heavy atom. The van der Waals surface area contributed by atoms with Crippen LogP contribution in [0.3, 0.4) is 0 Å². The Morgan fingerprint density at radius 2 is 2.42 bits per heavy atom. The molecule has 0 radical (unpaired) electrons. The van der Waals surface area contributed by atoms with Crippen molar-refractivity contribution in [1.82, 2.24) is 0 Å². The molecule has 1 heteroatoms. The Bertz CT molecular complexity index is 191. The topological polar surface area (TPSA) is 17.1 Å². The van der Waals surface area contributed by atoms with Crippen molar-refractivity contribution < 1.29 is 4.79 Å². The fourth-order valence-corrected chi connectivity index (χ4v) is 1.86. The molecule has 1 nitrogen and oxygen atoms in total. The van der Waals surface area contributed by atoms with Crippen LogP contribution in [0.5, 0.6) is 0 Å². The molecule has 0 bridgehead atoms. The average molecular weight is 166 g/mol. The summed E-state index contributed by atoms with van der Waals surface area (Å²) in [6.07, 6.45) is 7.42. The number of ketones is 1. The Hall–Kier alpha value is -0.590. The highest BCUT2D eigenvalue weighted by Gasteiger charge is 2.20. The molecule has 1 aliphatic carbocycles. The summed E-state index contributed by atoms with van der Waals surface area (Å²) in [6, 6.07) is 0. The molecule has 0 saturated heterocycles. The van der Waals surface area contributed by atoms with E-state index in [2.05, 4.69) is 19.9 Å². The van der Waals surface area contributed by atoms with Crippen LogP contribution in [0.15, 0.2) is 11.6 Å². The van der Waals surface area contributed by atoms with Gasteiger partial charge in [-0.1, -0.05) is 18.6 Å². The van der Waals surface area contributed by atoms with Crippen molar-refractivity contribution in [1.29, 1.82) is 0 Å². The molecular formula is C11H18O. The number of hydrogen-bond acceptors (Lipinski definition) is 1. The van der Waals surface area contributed by atoms with E-state index in [1.54, 1.807) is 0 Å². The third-order valence-corrected chi connectivity index (χ3v) is 2.60. The van der Waals surface area contributed by atoms with Gasteiger partial charge in [0.05, 0.1) is 0 Å². The predicted molar refractivity (Wildman–Crippen MR) is 51.0 cm³/mol. The lowest BCUT2D eigenvalue weighted by molar-refractivity contribution is -0.122. The van der Waals surface area contributed by atoms with Gasteiger partial charge in [-0.25, -0.2) is 0 Å². The Labute approximate surface area is 74.9 Å². The Morgan fingerprint density at radius 3 is 3.00 bits per heavy atom. The van der Waals surface area contributed by atoms with Gasteiger partial charge in [0.2, 0.25) is 0 Å². The van der Waals surface area contributed by atoms with Crippen LogP contribution in [0.25, 0.3) is 0 Å². The molecule has 1 atom stereocenters. The fraction of sp³-hybridized carbons (Fsp3) is 0.727. The van der Waals surface area contributed by atoms with Crippen molar-refractivity contribution in [2.75, 3.05) is 0 Å². The third kappa shape index (κ3) is 2.20. The van der Waals surface area contributed by atoms with Crippen LogP contribution in [0.4, 0.5) is 0 Å². The lowest BCUT2D eigenvalue weighted by Gasteiger charge is -2.20. The largest absolute Gasteiger partial charge is 0.299 e. The van der Waals surface area contributed by atoms with E-state index in [9.17, 15) is 4.79 Å². The van der Waals surface area contributed by atoms with Crippen molar-refractivity contribution in [3.8, 4) is 0 Å². The average Bonchev–Trinajstić information content (AvgIpc) is 2.05. The van der Waals surface area contributed by atoms with Gasteiger partial charge < -0.3 is 0 Å². The molecule has 0 N–H and O–H groups in total. The molecule has 0 aromatic carbocycles. The molecule has 1 rings (SSSR count). The highest BCUT2D eigenvalue weighted by atomic mass is 16.1. The summed E-state index contributed by atoms with van der Waals surface area (Å²) in [5.74, 6) is 0.713. The summed E-state index contributed by atoms with van der Waals surface area (Å²) >= 11 is 0. The van der Waals surface area contributed by atoms with E-state index in [0.29, 0.717) is 5.78 Å². The van der Waals surface area contributed by atoms with Crippen molar-refractivity contribution in [2.24, 2.45) is 5.92 Å². The van der Waals surface area contributed by atoms with Gasteiger partial charge in [-0.3, -0.25) is 4.79 Å². The summed E-state index contributed by atoms with van der Waals surface area (Å²) in [7, 11) is 0. The summed E-state index contributed by atoms with van der Waals surface area (Å²) in [4.78, 5) is 11.6. The molecule has 0 aromatic rings. The van der Waals surface area contributed by atoms with E-state index in [4.69, 9.17) is 0 Å². The smallest absolute Gasteiger partial charge is 0.139 e. The number of rotatable bonds is 3. The van der Waals surface area contributed by atoms with Crippen LogP contribution >= 0.6 is 0 Å². The summed E-state index contributed by atoms with van der Waals surface area (Å²) in [5.41, 5.74) is 1.31. The summed E-state index contributed by atoms with van der Waals surface area (Å²) in [6.45, 7) is 4.16. The van der Waals surface area contributed by atoms with Crippen LogP contribution in [-0.4, -0.2) is 5.78 Å². The van der Waals surface area contributed by atoms with E-state index in [1.165, 1.54) is 18.4 Å². The molecule has 0 aliphatic heterocycles. The molecule has 0 saturated carbocycles. The fourth-order valence-electron chi connectivity index (χ4n) is 1.86. The van der Waals surface area contributed by atoms with Gasteiger partial charge in [-0.2, -0.15) is 0 Å². The first-order valence-electron chi connectivity index (χ1n) is 4.95. The van der Waals surface area contributed by atoms with E-state index in [1.807, 2.05) is 0 Å². The van der Waals surface area contributed by atoms with Crippen molar-refractivity contribution in [2.45, 2.75) is 46.0 Å². The van der Waals surface area contributed by atoms with Crippen LogP contribution in [0, 0.1) is 5.92 Å². The molecular weight excluding hydrogens is 148 g/mol. The molecule has 1 unspecified atom stereocenters. The molecule has 0 aromatic heterocycles. The third-order valence-electron chi connectivity index (χ3n) is 2.60. The number of allylic oxidation sites excluding steroid dienone is 2. The van der Waals surface area contributed by atoms with Crippen molar-refractivity contribution in [3.63, 3.8) is 0 Å². The minimum Gasteiger partial charge on any atom is -0.299 e. The summed E-state index contributed by atoms with van der Waals surface area (Å²) < 4.78 is 0. The highest BCUT2D eigenvalue weighted by molar-refractivity contribution is 5.83. The van der Waals surface area contributed by atoms with Crippen LogP contribution in [-0.2, 0) is 4.79 Å². The predicted octanol–water partition coefficient (Wildman–Crippen LogP) is 3.10. The molecule has 0 amide bonds. The number of Topliss-reactive ketones (excluding diaryl/α,β-unsaturated/α-hetero) is 1. The first kappa shape index (κ1) is 9.50. The van der Waals surface area contributed by atoms with Gasteiger partial charge in [0.15, 0.2) is 0 Å². The molecule has 0 heterocycles. The van der Waals surface area contributed by atoms with E-state index >= 15 is 0 Å². The molecule has 1 aliphatic rings. The van der Waals surface area contributed by atoms with Gasteiger partial charge >= 0.3 is 0 Å². The number of carbonyl (C=O) groups excluding carboxylic acids is 1. The van der Waals surface area contributed by atoms with Crippen molar-refractivity contribution >= 4 is 5.78 Å². The standard InChI is InChI=1S/C11H18O/c1-3-6-11(12)10-8-5-4-7-9(10)2/h7,10H,3-6,8H2,1-2H3. The zero-order valence-electron chi connectivity index (χ0n) is 8.10. The van der Waals surface area contributed by atoms with E-state index < -0.39 is 0 Å². The highest BCUT2D eigenvalue weighted by Crippen LogP contribution is 2.26. The zero-order chi connectivity index (χ0) is 8.97. The SMILES string of the molecule is CCCC(=O)C1CCCC=C1C. The number of carbonyl (C=O) groups is 1. The van der Waals surface area contributed by atoms with Crippen LogP contribution in [0.1, 0.15) is 46.0 Å². The van der Waals surface area contributed by atoms with Crippen LogP contribution in [0.2, 0.25) is 0 Å². The zero-order valence-corrected chi connectivity index (χ0v) is 8.10. The van der Waals surface area contributed by atoms with Gasteiger partial charge in [0.25, 0.3) is 0 Å². The minimum atomic E-state index is 0.263. The minimum absolute atomic E-state index is 0.263. The van der Waals surface area contributed by atoms with Gasteiger partial charge in [-0.15, -0.1) is 0 Å². The van der Waals surface area contributed by atoms with Gasteiger partial charge in [0.1, 0.15) is 5.78 Å². The monoisotopic (exact) mass is 166 g/mol. The second kappa shape index (κ2) is 4.44. The second-order valence-corrected chi connectivity index (χ2v) is 3.65. The van der Waals surface area contributed by atoms with Gasteiger partial charge in [0, 0.05) is 12.3 Å². The summed E-state index contributed by atoms with van der Waals surface area (Å²) in [5, 5.41) is 0. The maximum absolute atomic E-state index is 11.6. The number of hydrogen-bond donors (Lipinski definition) is 0. The maximum atomic E-state index is 11.6. The first-order valence-corrected chi connectivity index (χ1v) is 4.95. The van der Waals surface area contributed by atoms with Crippen molar-refractivity contribution in [3.05, 3.63) is 11.6 Å². The normalized spacial score (nSPS) is 23.5. The molecule has 68 valence electrons. The maximum Gasteiger partial charge on any atom is 0.139 e. The molecule has 12 heavy (non-hydrogen) atoms. The molecule has 0 fully saturated rings. The van der Waals surface area contributed by atoms with Gasteiger partial charge in [-0.05, 0) is 32.6 Å².